The van der Waals surface area contributed by atoms with Crippen LogP contribution in [-0.4, -0.2) is 32.8 Å². The predicted molar refractivity (Wildman–Crippen MR) is 64.1 cm³/mol. The molecule has 0 aromatic heterocycles. The van der Waals surface area contributed by atoms with Crippen molar-refractivity contribution in [2.75, 3.05) is 31.6 Å². The normalized spacial score (nSPS) is 12.5. The summed E-state index contributed by atoms with van der Waals surface area (Å²) in [5.74, 6) is -0.220. The minimum absolute atomic E-state index is 0.00463. The summed E-state index contributed by atoms with van der Waals surface area (Å²) in [6.45, 7) is 4.08. The minimum Gasteiger partial charge on any atom is -0.378 e. The Balaban J connectivity index is 2.70. The van der Waals surface area contributed by atoms with Crippen LogP contribution in [0.2, 0.25) is 0 Å². The van der Waals surface area contributed by atoms with E-state index in [2.05, 4.69) is 4.90 Å². The molecule has 90 valence electrons. The van der Waals surface area contributed by atoms with E-state index in [0.717, 1.165) is 18.8 Å². The van der Waals surface area contributed by atoms with Crippen molar-refractivity contribution in [2.24, 2.45) is 5.73 Å². The molecule has 0 aliphatic heterocycles. The molecule has 0 aliphatic carbocycles. The second kappa shape index (κ2) is 6.45. The first kappa shape index (κ1) is 12.9. The van der Waals surface area contributed by atoms with Gasteiger partial charge in [-0.15, -0.1) is 0 Å². The largest absolute Gasteiger partial charge is 0.378 e. The van der Waals surface area contributed by atoms with Crippen LogP contribution in [0.5, 0.6) is 0 Å². The van der Waals surface area contributed by atoms with Crippen LogP contribution in [-0.2, 0) is 4.74 Å². The molecule has 0 saturated heterocycles. The fraction of sp³-hybridized carbons (Fsp3) is 0.500. The lowest BCUT2D eigenvalue weighted by molar-refractivity contribution is 0.114. The van der Waals surface area contributed by atoms with Gasteiger partial charge in [0.05, 0.1) is 6.10 Å². The van der Waals surface area contributed by atoms with E-state index in [-0.39, 0.29) is 11.9 Å². The number of halogens is 1. The summed E-state index contributed by atoms with van der Waals surface area (Å²) >= 11 is 0. The number of benzene rings is 1. The molecule has 1 aromatic carbocycles. The van der Waals surface area contributed by atoms with Gasteiger partial charge in [-0.05, 0) is 31.2 Å². The van der Waals surface area contributed by atoms with Crippen LogP contribution in [0.25, 0.3) is 0 Å². The lowest BCUT2D eigenvalue weighted by Gasteiger charge is -2.27. The van der Waals surface area contributed by atoms with Gasteiger partial charge in [0.25, 0.3) is 0 Å². The summed E-state index contributed by atoms with van der Waals surface area (Å²) in [6, 6.07) is 6.45. The van der Waals surface area contributed by atoms with Gasteiger partial charge >= 0.3 is 0 Å². The number of likely N-dealkylation sites (N-methyl/N-ethyl adjacent to an activating group) is 1. The Morgan fingerprint density at radius 3 is 2.44 bits per heavy atom. The number of nitrogens with zero attached hydrogens (tertiary/aromatic N) is 1. The van der Waals surface area contributed by atoms with Crippen molar-refractivity contribution in [1.29, 1.82) is 0 Å². The van der Waals surface area contributed by atoms with Crippen molar-refractivity contribution in [3.8, 4) is 0 Å². The van der Waals surface area contributed by atoms with E-state index in [9.17, 15) is 4.39 Å². The zero-order valence-electron chi connectivity index (χ0n) is 9.82. The summed E-state index contributed by atoms with van der Waals surface area (Å²) in [5, 5.41) is 0. The maximum Gasteiger partial charge on any atom is 0.123 e. The van der Waals surface area contributed by atoms with Crippen molar-refractivity contribution in [1.82, 2.24) is 0 Å². The summed E-state index contributed by atoms with van der Waals surface area (Å²) in [6.07, 6.45) is 0.00463. The van der Waals surface area contributed by atoms with Crippen LogP contribution in [0.1, 0.15) is 6.92 Å². The third kappa shape index (κ3) is 3.47. The van der Waals surface area contributed by atoms with E-state index >= 15 is 0 Å². The Morgan fingerprint density at radius 2 is 2.00 bits per heavy atom. The Hall–Kier alpha value is -1.13. The molecule has 16 heavy (non-hydrogen) atoms. The van der Waals surface area contributed by atoms with Gasteiger partial charge in [0, 0.05) is 32.4 Å². The van der Waals surface area contributed by atoms with Crippen molar-refractivity contribution in [3.05, 3.63) is 30.1 Å². The maximum absolute atomic E-state index is 12.8. The number of hydrogen-bond acceptors (Lipinski definition) is 3. The Kier molecular flexibility index (Phi) is 5.22. The average molecular weight is 226 g/mol. The summed E-state index contributed by atoms with van der Waals surface area (Å²) in [5.41, 5.74) is 6.56. The Labute approximate surface area is 96.0 Å². The number of rotatable bonds is 6. The monoisotopic (exact) mass is 226 g/mol. The molecular weight excluding hydrogens is 207 g/mol. The fourth-order valence-electron chi connectivity index (χ4n) is 1.56. The van der Waals surface area contributed by atoms with Crippen LogP contribution in [0.3, 0.4) is 0 Å². The van der Waals surface area contributed by atoms with Gasteiger partial charge in [0.2, 0.25) is 0 Å². The lowest BCUT2D eigenvalue weighted by atomic mass is 10.2. The molecule has 1 atom stereocenters. The Morgan fingerprint density at radius 1 is 1.38 bits per heavy atom. The second-order valence-corrected chi connectivity index (χ2v) is 3.61. The summed E-state index contributed by atoms with van der Waals surface area (Å²) in [4.78, 5) is 2.11. The molecule has 0 amide bonds. The van der Waals surface area contributed by atoms with E-state index in [1.54, 1.807) is 19.2 Å². The smallest absolute Gasteiger partial charge is 0.123 e. The zero-order valence-corrected chi connectivity index (χ0v) is 9.82. The number of anilines is 1. The molecule has 0 spiro atoms. The standard InChI is InChI=1S/C12H19FN2O/c1-3-15(9-12(8-14)16-2)11-6-4-10(13)5-7-11/h4-7,12H,3,8-9,14H2,1-2H3. The molecule has 4 heteroatoms. The number of nitrogens with two attached hydrogens (primary N) is 1. The molecular formula is C12H19FN2O. The topological polar surface area (TPSA) is 38.5 Å². The van der Waals surface area contributed by atoms with Crippen LogP contribution >= 0.6 is 0 Å². The summed E-state index contributed by atoms with van der Waals surface area (Å²) in [7, 11) is 1.65. The van der Waals surface area contributed by atoms with Gasteiger partial charge in [-0.3, -0.25) is 0 Å². The highest BCUT2D eigenvalue weighted by Crippen LogP contribution is 2.15. The minimum atomic E-state index is -0.220. The number of methoxy groups -OCH3 is 1. The van der Waals surface area contributed by atoms with Gasteiger partial charge in [0.15, 0.2) is 0 Å². The highest BCUT2D eigenvalue weighted by atomic mass is 19.1. The van der Waals surface area contributed by atoms with Gasteiger partial charge in [-0.2, -0.15) is 0 Å². The molecule has 0 bridgehead atoms. The maximum atomic E-state index is 12.8. The molecule has 0 heterocycles. The number of hydrogen-bond donors (Lipinski definition) is 1. The van der Waals surface area contributed by atoms with Crippen molar-refractivity contribution in [3.63, 3.8) is 0 Å². The van der Waals surface area contributed by atoms with E-state index in [1.807, 2.05) is 6.92 Å². The molecule has 0 fully saturated rings. The first-order chi connectivity index (χ1) is 7.71. The predicted octanol–water partition coefficient (Wildman–Crippen LogP) is 1.63. The van der Waals surface area contributed by atoms with Gasteiger partial charge < -0.3 is 15.4 Å². The molecule has 0 saturated carbocycles. The molecule has 0 radical (unpaired) electrons. The molecule has 1 unspecified atom stereocenters. The van der Waals surface area contributed by atoms with Gasteiger partial charge in [-0.25, -0.2) is 4.39 Å². The van der Waals surface area contributed by atoms with Crippen molar-refractivity contribution >= 4 is 5.69 Å². The third-order valence-corrected chi connectivity index (χ3v) is 2.59. The van der Waals surface area contributed by atoms with Crippen LogP contribution in [0, 0.1) is 5.82 Å². The molecule has 1 rings (SSSR count). The number of ether oxygens (including phenoxy) is 1. The zero-order chi connectivity index (χ0) is 12.0. The molecule has 0 aliphatic rings. The molecule has 3 nitrogen and oxygen atoms in total. The third-order valence-electron chi connectivity index (χ3n) is 2.59. The fourth-order valence-corrected chi connectivity index (χ4v) is 1.56. The van der Waals surface area contributed by atoms with E-state index < -0.39 is 0 Å². The highest BCUT2D eigenvalue weighted by molar-refractivity contribution is 5.46. The first-order valence-electron chi connectivity index (χ1n) is 5.44. The van der Waals surface area contributed by atoms with E-state index in [0.29, 0.717) is 6.54 Å². The first-order valence-corrected chi connectivity index (χ1v) is 5.44. The average Bonchev–Trinajstić information content (AvgIpc) is 2.32. The van der Waals surface area contributed by atoms with E-state index in [1.165, 1.54) is 12.1 Å². The highest BCUT2D eigenvalue weighted by Gasteiger charge is 2.11. The SMILES string of the molecule is CCN(CC(CN)OC)c1ccc(F)cc1. The summed E-state index contributed by atoms with van der Waals surface area (Å²) < 4.78 is 18.0. The second-order valence-electron chi connectivity index (χ2n) is 3.61. The van der Waals surface area contributed by atoms with E-state index in [4.69, 9.17) is 10.5 Å². The Bertz CT molecular complexity index is 298. The van der Waals surface area contributed by atoms with Crippen molar-refractivity contribution < 1.29 is 9.13 Å². The lowest BCUT2D eigenvalue weighted by Crippen LogP contribution is -2.37. The van der Waals surface area contributed by atoms with Crippen LogP contribution < -0.4 is 10.6 Å². The van der Waals surface area contributed by atoms with Crippen LogP contribution in [0.15, 0.2) is 24.3 Å². The van der Waals surface area contributed by atoms with Crippen LogP contribution in [0.4, 0.5) is 10.1 Å². The quantitative estimate of drug-likeness (QED) is 0.801. The van der Waals surface area contributed by atoms with Crippen molar-refractivity contribution in [2.45, 2.75) is 13.0 Å². The van der Waals surface area contributed by atoms with Gasteiger partial charge in [0.1, 0.15) is 5.82 Å². The molecule has 1 aromatic rings. The van der Waals surface area contributed by atoms with Gasteiger partial charge in [-0.1, -0.05) is 0 Å². The molecule has 2 N–H and O–H groups in total.